The second-order valence-corrected chi connectivity index (χ2v) is 5.53. The Morgan fingerprint density at radius 1 is 1.00 bits per heavy atom. The molecule has 19 heavy (non-hydrogen) atoms. The normalized spacial score (nSPS) is 12.3. The number of rotatable bonds is 3. The highest BCUT2D eigenvalue weighted by atomic mass is 35.5. The molecule has 0 amide bonds. The van der Waals surface area contributed by atoms with Crippen LogP contribution in [-0.2, 0) is 0 Å². The molecule has 0 aliphatic heterocycles. The van der Waals surface area contributed by atoms with Crippen LogP contribution >= 0.6 is 46.4 Å². The van der Waals surface area contributed by atoms with Crippen molar-refractivity contribution in [1.29, 1.82) is 0 Å². The highest BCUT2D eigenvalue weighted by molar-refractivity contribution is 6.48. The second-order valence-electron chi connectivity index (χ2n) is 3.98. The van der Waals surface area contributed by atoms with Crippen molar-refractivity contribution in [2.24, 2.45) is 0 Å². The molecule has 1 atom stereocenters. The van der Waals surface area contributed by atoms with Crippen LogP contribution in [0.25, 0.3) is 0 Å². The highest BCUT2D eigenvalue weighted by Gasteiger charge is 2.14. The van der Waals surface area contributed by atoms with Crippen molar-refractivity contribution in [2.45, 2.75) is 13.0 Å². The van der Waals surface area contributed by atoms with Gasteiger partial charge in [-0.25, -0.2) is 4.98 Å². The molecular formula is C13H10Cl4N2. The van der Waals surface area contributed by atoms with E-state index in [1.807, 2.05) is 25.1 Å². The molecule has 1 aromatic carbocycles. The molecule has 0 saturated heterocycles. The maximum atomic E-state index is 6.19. The lowest BCUT2D eigenvalue weighted by atomic mass is 10.1. The minimum atomic E-state index is -0.0757. The van der Waals surface area contributed by atoms with Gasteiger partial charge < -0.3 is 5.32 Å². The van der Waals surface area contributed by atoms with Gasteiger partial charge in [0.05, 0.1) is 21.1 Å². The maximum absolute atomic E-state index is 6.19. The topological polar surface area (TPSA) is 24.9 Å². The summed E-state index contributed by atoms with van der Waals surface area (Å²) in [5.74, 6) is 0.669. The molecule has 2 rings (SSSR count). The molecule has 0 aliphatic rings. The van der Waals surface area contributed by atoms with Gasteiger partial charge in [-0.2, -0.15) is 0 Å². The lowest BCUT2D eigenvalue weighted by molar-refractivity contribution is 0.875. The third-order valence-corrected chi connectivity index (χ3v) is 4.13. The van der Waals surface area contributed by atoms with Crippen LogP contribution < -0.4 is 5.32 Å². The van der Waals surface area contributed by atoms with E-state index in [1.165, 1.54) is 0 Å². The maximum Gasteiger partial charge on any atom is 0.131 e. The minimum Gasteiger partial charge on any atom is -0.363 e. The first kappa shape index (κ1) is 14.7. The van der Waals surface area contributed by atoms with E-state index in [2.05, 4.69) is 10.3 Å². The molecule has 2 aromatic rings. The van der Waals surface area contributed by atoms with E-state index in [1.54, 1.807) is 12.1 Å². The van der Waals surface area contributed by atoms with Crippen molar-refractivity contribution in [2.75, 3.05) is 5.32 Å². The second kappa shape index (κ2) is 6.19. The summed E-state index contributed by atoms with van der Waals surface area (Å²) in [6.07, 6.45) is 0. The number of benzene rings is 1. The van der Waals surface area contributed by atoms with Crippen molar-refractivity contribution in [3.8, 4) is 0 Å². The molecule has 1 heterocycles. The van der Waals surface area contributed by atoms with Crippen LogP contribution in [0.15, 0.2) is 30.3 Å². The molecule has 1 aromatic heterocycles. The number of hydrogen-bond donors (Lipinski definition) is 1. The van der Waals surface area contributed by atoms with Crippen molar-refractivity contribution in [1.82, 2.24) is 4.98 Å². The van der Waals surface area contributed by atoms with Crippen molar-refractivity contribution < 1.29 is 0 Å². The third kappa shape index (κ3) is 3.46. The molecule has 6 heteroatoms. The van der Waals surface area contributed by atoms with Crippen LogP contribution in [0.1, 0.15) is 18.5 Å². The fourth-order valence-corrected chi connectivity index (χ4v) is 2.53. The zero-order valence-electron chi connectivity index (χ0n) is 9.92. The SMILES string of the molecule is CC(Nc1cccc(Cl)n1)c1ccc(Cl)c(Cl)c1Cl. The Hall–Kier alpha value is -0.670. The van der Waals surface area contributed by atoms with Gasteiger partial charge in [-0.3, -0.25) is 0 Å². The van der Waals surface area contributed by atoms with Crippen LogP contribution in [0, 0.1) is 0 Å². The van der Waals surface area contributed by atoms with Gasteiger partial charge in [0.15, 0.2) is 0 Å². The van der Waals surface area contributed by atoms with Gasteiger partial charge in [0.25, 0.3) is 0 Å². The summed E-state index contributed by atoms with van der Waals surface area (Å²) in [7, 11) is 0. The van der Waals surface area contributed by atoms with Crippen LogP contribution in [0.3, 0.4) is 0 Å². The van der Waals surface area contributed by atoms with Gasteiger partial charge >= 0.3 is 0 Å². The van der Waals surface area contributed by atoms with Gasteiger partial charge in [0.2, 0.25) is 0 Å². The van der Waals surface area contributed by atoms with Gasteiger partial charge in [-0.15, -0.1) is 0 Å². The highest BCUT2D eigenvalue weighted by Crippen LogP contribution is 2.36. The van der Waals surface area contributed by atoms with E-state index in [0.717, 1.165) is 5.56 Å². The number of hydrogen-bond acceptors (Lipinski definition) is 2. The van der Waals surface area contributed by atoms with Gasteiger partial charge in [0.1, 0.15) is 11.0 Å². The van der Waals surface area contributed by atoms with Crippen LogP contribution in [0.2, 0.25) is 20.2 Å². The fraction of sp³-hybridized carbons (Fsp3) is 0.154. The summed E-state index contributed by atoms with van der Waals surface area (Å²) in [5.41, 5.74) is 0.845. The quantitative estimate of drug-likeness (QED) is 0.560. The monoisotopic (exact) mass is 334 g/mol. The summed E-state index contributed by atoms with van der Waals surface area (Å²) in [5, 5.41) is 4.86. The zero-order valence-corrected chi connectivity index (χ0v) is 12.9. The number of nitrogens with one attached hydrogen (secondary N) is 1. The fourth-order valence-electron chi connectivity index (χ4n) is 1.66. The Morgan fingerprint density at radius 2 is 1.74 bits per heavy atom. The van der Waals surface area contributed by atoms with Gasteiger partial charge in [-0.05, 0) is 30.7 Å². The van der Waals surface area contributed by atoms with Crippen molar-refractivity contribution >= 4 is 52.2 Å². The smallest absolute Gasteiger partial charge is 0.131 e. The first-order valence-corrected chi connectivity index (χ1v) is 7.02. The molecule has 0 saturated carbocycles. The van der Waals surface area contributed by atoms with Crippen LogP contribution in [0.5, 0.6) is 0 Å². The number of pyridine rings is 1. The molecule has 0 aliphatic carbocycles. The van der Waals surface area contributed by atoms with Gasteiger partial charge in [0, 0.05) is 0 Å². The predicted octanol–water partition coefficient (Wildman–Crippen LogP) is 5.87. The lowest BCUT2D eigenvalue weighted by Crippen LogP contribution is -2.08. The molecule has 0 radical (unpaired) electrons. The minimum absolute atomic E-state index is 0.0757. The molecular weight excluding hydrogens is 326 g/mol. The molecule has 0 fully saturated rings. The van der Waals surface area contributed by atoms with Crippen LogP contribution in [-0.4, -0.2) is 4.98 Å². The van der Waals surface area contributed by atoms with Crippen molar-refractivity contribution in [3.05, 3.63) is 56.1 Å². The van der Waals surface area contributed by atoms with E-state index in [4.69, 9.17) is 46.4 Å². The van der Waals surface area contributed by atoms with Gasteiger partial charge in [-0.1, -0.05) is 58.5 Å². The van der Waals surface area contributed by atoms with Crippen molar-refractivity contribution in [3.63, 3.8) is 0 Å². The summed E-state index contributed by atoms with van der Waals surface area (Å²) < 4.78 is 0. The average molecular weight is 336 g/mol. The molecule has 0 bridgehead atoms. The predicted molar refractivity (Wildman–Crippen MR) is 82.8 cm³/mol. The first-order valence-electron chi connectivity index (χ1n) is 5.51. The third-order valence-electron chi connectivity index (χ3n) is 2.61. The average Bonchev–Trinajstić information content (AvgIpc) is 2.36. The molecule has 2 nitrogen and oxygen atoms in total. The Bertz CT molecular complexity index is 601. The Morgan fingerprint density at radius 3 is 2.42 bits per heavy atom. The van der Waals surface area contributed by atoms with Crippen LogP contribution in [0.4, 0.5) is 5.82 Å². The Labute approximate surface area is 131 Å². The Balaban J connectivity index is 2.25. The van der Waals surface area contributed by atoms with E-state index >= 15 is 0 Å². The standard InChI is InChI=1S/C13H10Cl4N2/c1-7(18-11-4-2-3-10(15)19-11)8-5-6-9(14)13(17)12(8)16/h2-7H,1H3,(H,18,19). The molecule has 0 spiro atoms. The van der Waals surface area contributed by atoms with E-state index in [0.29, 0.717) is 26.0 Å². The molecule has 100 valence electrons. The number of nitrogens with zero attached hydrogens (tertiary/aromatic N) is 1. The number of aromatic nitrogens is 1. The molecule has 1 unspecified atom stereocenters. The largest absolute Gasteiger partial charge is 0.363 e. The Kier molecular flexibility index (Phi) is 4.80. The lowest BCUT2D eigenvalue weighted by Gasteiger charge is -2.17. The summed E-state index contributed by atoms with van der Waals surface area (Å²) in [4.78, 5) is 4.16. The van der Waals surface area contributed by atoms with E-state index < -0.39 is 0 Å². The summed E-state index contributed by atoms with van der Waals surface area (Å²) in [6, 6.07) is 8.83. The summed E-state index contributed by atoms with van der Waals surface area (Å²) in [6.45, 7) is 1.95. The van der Waals surface area contributed by atoms with E-state index in [-0.39, 0.29) is 6.04 Å². The van der Waals surface area contributed by atoms with E-state index in [9.17, 15) is 0 Å². The number of halogens is 4. The first-order chi connectivity index (χ1) is 8.99. The molecule has 1 N–H and O–H groups in total. The number of anilines is 1. The summed E-state index contributed by atoms with van der Waals surface area (Å²) >= 11 is 24.0. The zero-order chi connectivity index (χ0) is 14.0.